The van der Waals surface area contributed by atoms with Crippen molar-refractivity contribution < 1.29 is 14.5 Å². The number of amides is 1. The van der Waals surface area contributed by atoms with Gasteiger partial charge in [-0.15, -0.1) is 0 Å². The standard InChI is InChI=1S/C15H19N5O4/c1-17-5-2-3-13(17)14-11-24-8-7-19(14)15(21)4-6-18-10-12(9-16-18)20(22)23/h2-3,5,9-10,14H,4,6-8,11H2,1H3/t14-/m1/s1. The average Bonchev–Trinajstić information content (AvgIpc) is 3.21. The Bertz CT molecular complexity index is 738. The van der Waals surface area contributed by atoms with Crippen molar-refractivity contribution in [2.45, 2.75) is 19.0 Å². The van der Waals surface area contributed by atoms with Crippen LogP contribution >= 0.6 is 0 Å². The van der Waals surface area contributed by atoms with Crippen LogP contribution in [0.15, 0.2) is 30.7 Å². The van der Waals surface area contributed by atoms with Crippen LogP contribution in [-0.2, 0) is 23.1 Å². The first kappa shape index (κ1) is 16.2. The third kappa shape index (κ3) is 3.30. The Balaban J connectivity index is 1.65. The van der Waals surface area contributed by atoms with Crippen molar-refractivity contribution >= 4 is 11.6 Å². The molecule has 2 aromatic rings. The van der Waals surface area contributed by atoms with Crippen molar-refractivity contribution in [1.82, 2.24) is 19.2 Å². The van der Waals surface area contributed by atoms with Gasteiger partial charge in [-0.25, -0.2) is 0 Å². The van der Waals surface area contributed by atoms with E-state index in [1.165, 1.54) is 17.1 Å². The molecule has 9 heteroatoms. The van der Waals surface area contributed by atoms with Crippen LogP contribution in [0.2, 0.25) is 0 Å². The smallest absolute Gasteiger partial charge is 0.306 e. The average molecular weight is 333 g/mol. The Labute approximate surface area is 138 Å². The maximum atomic E-state index is 12.6. The fourth-order valence-electron chi connectivity index (χ4n) is 2.89. The van der Waals surface area contributed by atoms with Gasteiger partial charge >= 0.3 is 5.69 Å². The quantitative estimate of drug-likeness (QED) is 0.603. The van der Waals surface area contributed by atoms with E-state index in [4.69, 9.17) is 4.74 Å². The number of hydrogen-bond acceptors (Lipinski definition) is 5. The van der Waals surface area contributed by atoms with Crippen LogP contribution in [0.25, 0.3) is 0 Å². The molecule has 1 aliphatic heterocycles. The van der Waals surface area contributed by atoms with Gasteiger partial charge in [-0.2, -0.15) is 5.10 Å². The topological polar surface area (TPSA) is 95.4 Å². The summed E-state index contributed by atoms with van der Waals surface area (Å²) in [5, 5.41) is 14.6. The van der Waals surface area contributed by atoms with E-state index in [2.05, 4.69) is 5.10 Å². The van der Waals surface area contributed by atoms with E-state index in [0.29, 0.717) is 26.3 Å². The van der Waals surface area contributed by atoms with Crippen LogP contribution < -0.4 is 0 Å². The molecule has 24 heavy (non-hydrogen) atoms. The number of ether oxygens (including phenoxy) is 1. The van der Waals surface area contributed by atoms with Crippen LogP contribution in [0.5, 0.6) is 0 Å². The summed E-state index contributed by atoms with van der Waals surface area (Å²) in [4.78, 5) is 24.6. The third-order valence-corrected chi connectivity index (χ3v) is 4.16. The summed E-state index contributed by atoms with van der Waals surface area (Å²) in [6, 6.07) is 3.81. The van der Waals surface area contributed by atoms with Crippen LogP contribution in [-0.4, -0.2) is 49.8 Å². The molecule has 0 saturated carbocycles. The first-order chi connectivity index (χ1) is 11.6. The lowest BCUT2D eigenvalue weighted by Gasteiger charge is -2.36. The van der Waals surface area contributed by atoms with E-state index in [9.17, 15) is 14.9 Å². The molecular weight excluding hydrogens is 314 g/mol. The molecule has 0 aliphatic carbocycles. The van der Waals surface area contributed by atoms with Gasteiger partial charge in [0, 0.05) is 38.4 Å². The summed E-state index contributed by atoms with van der Waals surface area (Å²) in [6.07, 6.45) is 4.70. The van der Waals surface area contributed by atoms with Crippen molar-refractivity contribution in [2.75, 3.05) is 19.8 Å². The fourth-order valence-corrected chi connectivity index (χ4v) is 2.89. The van der Waals surface area contributed by atoms with Crippen LogP contribution in [0.4, 0.5) is 5.69 Å². The SMILES string of the molecule is Cn1cccc1[C@H]1COCCN1C(=O)CCn1cc([N+](=O)[O-])cn1. The second kappa shape index (κ2) is 6.83. The van der Waals surface area contributed by atoms with Crippen molar-refractivity contribution in [3.63, 3.8) is 0 Å². The number of nitro groups is 1. The van der Waals surface area contributed by atoms with Gasteiger partial charge in [0.05, 0.1) is 24.2 Å². The zero-order valence-corrected chi connectivity index (χ0v) is 13.4. The Morgan fingerprint density at radius 2 is 2.38 bits per heavy atom. The van der Waals surface area contributed by atoms with Crippen LogP contribution in [0.3, 0.4) is 0 Å². The second-order valence-corrected chi connectivity index (χ2v) is 5.69. The molecular formula is C15H19N5O4. The molecule has 1 amide bonds. The number of nitrogens with zero attached hydrogens (tertiary/aromatic N) is 5. The van der Waals surface area contributed by atoms with Gasteiger partial charge in [-0.3, -0.25) is 19.6 Å². The monoisotopic (exact) mass is 333 g/mol. The Morgan fingerprint density at radius 1 is 1.54 bits per heavy atom. The van der Waals surface area contributed by atoms with Crippen LogP contribution in [0.1, 0.15) is 18.2 Å². The van der Waals surface area contributed by atoms with E-state index in [1.54, 1.807) is 0 Å². The lowest BCUT2D eigenvalue weighted by atomic mass is 10.1. The minimum atomic E-state index is -0.501. The van der Waals surface area contributed by atoms with E-state index >= 15 is 0 Å². The minimum absolute atomic E-state index is 0.0114. The fraction of sp³-hybridized carbons (Fsp3) is 0.467. The van der Waals surface area contributed by atoms with Gasteiger partial charge in [0.2, 0.25) is 5.91 Å². The predicted molar refractivity (Wildman–Crippen MR) is 84.2 cm³/mol. The molecule has 0 N–H and O–H groups in total. The van der Waals surface area contributed by atoms with Gasteiger partial charge in [0.15, 0.2) is 0 Å². The Morgan fingerprint density at radius 3 is 3.04 bits per heavy atom. The first-order valence-corrected chi connectivity index (χ1v) is 7.71. The van der Waals surface area contributed by atoms with Gasteiger partial charge in [0.25, 0.3) is 0 Å². The van der Waals surface area contributed by atoms with Crippen molar-refractivity contribution in [3.8, 4) is 0 Å². The number of aryl methyl sites for hydroxylation is 2. The summed E-state index contributed by atoms with van der Waals surface area (Å²) in [7, 11) is 1.94. The van der Waals surface area contributed by atoms with Crippen LogP contribution in [0, 0.1) is 10.1 Å². The van der Waals surface area contributed by atoms with Crippen molar-refractivity contribution in [1.29, 1.82) is 0 Å². The molecule has 0 unspecified atom stereocenters. The number of rotatable bonds is 5. The van der Waals surface area contributed by atoms with Crippen molar-refractivity contribution in [3.05, 3.63) is 46.5 Å². The van der Waals surface area contributed by atoms with Gasteiger partial charge in [0.1, 0.15) is 12.4 Å². The van der Waals surface area contributed by atoms with Gasteiger partial charge in [-0.1, -0.05) is 0 Å². The normalized spacial score (nSPS) is 17.9. The second-order valence-electron chi connectivity index (χ2n) is 5.69. The first-order valence-electron chi connectivity index (χ1n) is 7.71. The molecule has 9 nitrogen and oxygen atoms in total. The highest BCUT2D eigenvalue weighted by Gasteiger charge is 2.29. The highest BCUT2D eigenvalue weighted by atomic mass is 16.6. The maximum absolute atomic E-state index is 12.6. The van der Waals surface area contributed by atoms with E-state index < -0.39 is 4.92 Å². The highest BCUT2D eigenvalue weighted by Crippen LogP contribution is 2.25. The molecule has 0 radical (unpaired) electrons. The van der Waals surface area contributed by atoms with E-state index in [1.807, 2.05) is 34.8 Å². The summed E-state index contributed by atoms with van der Waals surface area (Å²) in [5.74, 6) is -0.0114. The zero-order valence-electron chi connectivity index (χ0n) is 13.4. The molecule has 1 fully saturated rings. The highest BCUT2D eigenvalue weighted by molar-refractivity contribution is 5.76. The summed E-state index contributed by atoms with van der Waals surface area (Å²) < 4.78 is 8.94. The predicted octanol–water partition coefficient (Wildman–Crippen LogP) is 1.12. The summed E-state index contributed by atoms with van der Waals surface area (Å²) >= 11 is 0. The molecule has 1 aliphatic rings. The van der Waals surface area contributed by atoms with Gasteiger partial charge < -0.3 is 14.2 Å². The third-order valence-electron chi connectivity index (χ3n) is 4.16. The molecule has 0 spiro atoms. The lowest BCUT2D eigenvalue weighted by Crippen LogP contribution is -2.44. The Hall–Kier alpha value is -2.68. The number of carbonyl (C=O) groups is 1. The Kier molecular flexibility index (Phi) is 4.61. The number of aromatic nitrogens is 3. The largest absolute Gasteiger partial charge is 0.377 e. The molecule has 0 aromatic carbocycles. The number of carbonyl (C=O) groups excluding carboxylic acids is 1. The summed E-state index contributed by atoms with van der Waals surface area (Å²) in [6.45, 7) is 1.83. The maximum Gasteiger partial charge on any atom is 0.306 e. The molecule has 0 bridgehead atoms. The number of morpholine rings is 1. The molecule has 1 saturated heterocycles. The molecule has 2 aromatic heterocycles. The molecule has 128 valence electrons. The summed E-state index contributed by atoms with van der Waals surface area (Å²) in [5.41, 5.74) is 0.952. The van der Waals surface area contributed by atoms with Gasteiger partial charge in [-0.05, 0) is 12.1 Å². The minimum Gasteiger partial charge on any atom is -0.377 e. The number of hydrogen-bond donors (Lipinski definition) is 0. The van der Waals surface area contributed by atoms with Crippen molar-refractivity contribution in [2.24, 2.45) is 7.05 Å². The molecule has 3 rings (SSSR count). The zero-order chi connectivity index (χ0) is 17.1. The molecule has 1 atom stereocenters. The van der Waals surface area contributed by atoms with E-state index in [-0.39, 0.29) is 24.1 Å². The lowest BCUT2D eigenvalue weighted by molar-refractivity contribution is -0.385. The molecule has 3 heterocycles. The van der Waals surface area contributed by atoms with E-state index in [0.717, 1.165) is 5.69 Å².